The molecule has 1 fully saturated rings. The maximum atomic E-state index is 11.5. The fourth-order valence-electron chi connectivity index (χ4n) is 2.15. The Morgan fingerprint density at radius 2 is 2.18 bits per heavy atom. The highest BCUT2D eigenvalue weighted by Crippen LogP contribution is 2.28. The van der Waals surface area contributed by atoms with Gasteiger partial charge in [-0.2, -0.15) is 0 Å². The number of amides is 1. The van der Waals surface area contributed by atoms with Gasteiger partial charge < -0.3 is 10.3 Å². The Bertz CT molecular complexity index is 540. The number of nitrogens with one attached hydrogen (secondary N) is 2. The smallest absolute Gasteiger partial charge is 0.223 e. The van der Waals surface area contributed by atoms with Crippen molar-refractivity contribution in [1.29, 1.82) is 0 Å². The molecule has 0 bridgehead atoms. The van der Waals surface area contributed by atoms with Gasteiger partial charge in [0.1, 0.15) is 0 Å². The van der Waals surface area contributed by atoms with Crippen molar-refractivity contribution in [3.05, 3.63) is 36.0 Å². The first-order valence-corrected chi connectivity index (χ1v) is 6.17. The Hall–Kier alpha value is -1.77. The van der Waals surface area contributed by atoms with E-state index in [0.29, 0.717) is 5.92 Å². The van der Waals surface area contributed by atoms with E-state index in [1.165, 1.54) is 10.9 Å². The zero-order chi connectivity index (χ0) is 11.7. The minimum Gasteiger partial charge on any atom is -0.361 e. The summed E-state index contributed by atoms with van der Waals surface area (Å²) in [4.78, 5) is 14.7. The van der Waals surface area contributed by atoms with Crippen LogP contribution in [0.5, 0.6) is 0 Å². The normalized spacial score (nSPS) is 15.1. The zero-order valence-corrected chi connectivity index (χ0v) is 9.70. The van der Waals surface area contributed by atoms with Crippen LogP contribution in [0.3, 0.4) is 0 Å². The average Bonchev–Trinajstić information content (AvgIpc) is 3.12. The molecule has 1 aromatic carbocycles. The van der Waals surface area contributed by atoms with Crippen LogP contribution in [0, 0.1) is 5.92 Å². The van der Waals surface area contributed by atoms with Gasteiger partial charge in [-0.05, 0) is 30.9 Å². The third kappa shape index (κ3) is 2.18. The van der Waals surface area contributed by atoms with Gasteiger partial charge in [0, 0.05) is 29.6 Å². The summed E-state index contributed by atoms with van der Waals surface area (Å²) in [5, 5.41) is 4.25. The van der Waals surface area contributed by atoms with E-state index in [-0.39, 0.29) is 5.91 Å². The van der Waals surface area contributed by atoms with Crippen LogP contribution in [0.25, 0.3) is 10.9 Å². The van der Waals surface area contributed by atoms with Gasteiger partial charge in [0.05, 0.1) is 0 Å². The van der Waals surface area contributed by atoms with Gasteiger partial charge in [-0.3, -0.25) is 4.79 Å². The molecule has 17 heavy (non-hydrogen) atoms. The van der Waals surface area contributed by atoms with E-state index in [4.69, 9.17) is 0 Å². The van der Waals surface area contributed by atoms with Crippen molar-refractivity contribution in [1.82, 2.24) is 10.3 Å². The van der Waals surface area contributed by atoms with E-state index < -0.39 is 0 Å². The van der Waals surface area contributed by atoms with Gasteiger partial charge in [0.2, 0.25) is 5.91 Å². The third-order valence-electron chi connectivity index (χ3n) is 3.32. The molecule has 3 rings (SSSR count). The first-order chi connectivity index (χ1) is 8.34. The van der Waals surface area contributed by atoms with Crippen LogP contribution >= 0.6 is 0 Å². The van der Waals surface area contributed by atoms with Crippen molar-refractivity contribution < 1.29 is 4.79 Å². The molecule has 1 saturated carbocycles. The van der Waals surface area contributed by atoms with Crippen LogP contribution in [0.1, 0.15) is 18.4 Å². The number of carbonyl (C=O) groups is 1. The summed E-state index contributed by atoms with van der Waals surface area (Å²) in [6.45, 7) is 0.733. The minimum absolute atomic E-state index is 0.227. The van der Waals surface area contributed by atoms with E-state index in [9.17, 15) is 4.79 Å². The van der Waals surface area contributed by atoms with Gasteiger partial charge in [-0.15, -0.1) is 0 Å². The lowest BCUT2D eigenvalue weighted by molar-refractivity contribution is -0.122. The molecule has 0 unspecified atom stereocenters. The summed E-state index contributed by atoms with van der Waals surface area (Å²) in [5.41, 5.74) is 2.44. The number of aromatic nitrogens is 1. The fourth-order valence-corrected chi connectivity index (χ4v) is 2.15. The van der Waals surface area contributed by atoms with Crippen molar-refractivity contribution in [2.45, 2.75) is 19.3 Å². The molecule has 3 heteroatoms. The molecule has 1 aliphatic rings. The second kappa shape index (κ2) is 4.24. The molecular weight excluding hydrogens is 212 g/mol. The summed E-state index contributed by atoms with van der Waals surface area (Å²) in [6, 6.07) is 8.26. The number of hydrogen-bond donors (Lipinski definition) is 2. The molecular formula is C14H16N2O. The lowest BCUT2D eigenvalue weighted by Gasteiger charge is -2.03. The second-order valence-electron chi connectivity index (χ2n) is 4.67. The van der Waals surface area contributed by atoms with Crippen LogP contribution in [-0.4, -0.2) is 17.4 Å². The number of fused-ring (bicyclic) bond motifs is 1. The van der Waals surface area contributed by atoms with E-state index in [1.807, 2.05) is 18.3 Å². The highest BCUT2D eigenvalue weighted by Gasteiger charge is 2.28. The Kier molecular flexibility index (Phi) is 2.59. The van der Waals surface area contributed by atoms with Crippen LogP contribution in [0.2, 0.25) is 0 Å². The number of carbonyl (C=O) groups excluding carboxylic acids is 1. The highest BCUT2D eigenvalue weighted by atomic mass is 16.2. The summed E-state index contributed by atoms with van der Waals surface area (Å²) in [6.07, 6.45) is 5.06. The molecule has 0 saturated heterocycles. The molecule has 2 aromatic rings. The van der Waals surface area contributed by atoms with E-state index in [0.717, 1.165) is 31.3 Å². The minimum atomic E-state index is 0.227. The monoisotopic (exact) mass is 228 g/mol. The SMILES string of the molecule is O=C(NCCc1c[nH]c2ccccc12)C1CC1. The molecule has 0 radical (unpaired) electrons. The molecule has 0 spiro atoms. The van der Waals surface area contributed by atoms with Crippen molar-refractivity contribution in [3.8, 4) is 0 Å². The van der Waals surface area contributed by atoms with Gasteiger partial charge >= 0.3 is 0 Å². The van der Waals surface area contributed by atoms with Crippen LogP contribution in [-0.2, 0) is 11.2 Å². The van der Waals surface area contributed by atoms with Crippen LogP contribution in [0.15, 0.2) is 30.5 Å². The van der Waals surface area contributed by atoms with Crippen molar-refractivity contribution in [3.63, 3.8) is 0 Å². The lowest BCUT2D eigenvalue weighted by Crippen LogP contribution is -2.26. The number of para-hydroxylation sites is 1. The zero-order valence-electron chi connectivity index (χ0n) is 9.70. The molecule has 3 nitrogen and oxygen atoms in total. The number of hydrogen-bond acceptors (Lipinski definition) is 1. The third-order valence-corrected chi connectivity index (χ3v) is 3.32. The molecule has 88 valence electrons. The Balaban J connectivity index is 1.62. The number of H-pyrrole nitrogens is 1. The molecule has 0 atom stereocenters. The summed E-state index contributed by atoms with van der Waals surface area (Å²) in [5.74, 6) is 0.530. The van der Waals surface area contributed by atoms with Gasteiger partial charge in [-0.25, -0.2) is 0 Å². The van der Waals surface area contributed by atoms with E-state index >= 15 is 0 Å². The summed E-state index contributed by atoms with van der Waals surface area (Å²) >= 11 is 0. The summed E-state index contributed by atoms with van der Waals surface area (Å²) in [7, 11) is 0. The topological polar surface area (TPSA) is 44.9 Å². The molecule has 2 N–H and O–H groups in total. The number of benzene rings is 1. The van der Waals surface area contributed by atoms with Gasteiger partial charge in [-0.1, -0.05) is 18.2 Å². The van der Waals surface area contributed by atoms with Crippen LogP contribution < -0.4 is 5.32 Å². The average molecular weight is 228 g/mol. The number of aromatic amines is 1. The molecule has 1 amide bonds. The maximum absolute atomic E-state index is 11.5. The number of rotatable bonds is 4. The molecule has 1 heterocycles. The second-order valence-corrected chi connectivity index (χ2v) is 4.67. The lowest BCUT2D eigenvalue weighted by atomic mass is 10.1. The van der Waals surface area contributed by atoms with Gasteiger partial charge in [0.25, 0.3) is 0 Å². The molecule has 1 aromatic heterocycles. The van der Waals surface area contributed by atoms with Crippen LogP contribution in [0.4, 0.5) is 0 Å². The Labute approximate surface area is 100 Å². The Morgan fingerprint density at radius 3 is 3.00 bits per heavy atom. The quantitative estimate of drug-likeness (QED) is 0.828. The first kappa shape index (κ1) is 10.4. The highest BCUT2D eigenvalue weighted by molar-refractivity contribution is 5.83. The molecule has 0 aliphatic heterocycles. The first-order valence-electron chi connectivity index (χ1n) is 6.17. The standard InChI is InChI=1S/C14H16N2O/c17-14(10-5-6-10)15-8-7-11-9-16-13-4-2-1-3-12(11)13/h1-4,9-10,16H,5-8H2,(H,15,17). The predicted molar refractivity (Wildman–Crippen MR) is 67.7 cm³/mol. The predicted octanol–water partition coefficient (Wildman–Crippen LogP) is 2.24. The van der Waals surface area contributed by atoms with E-state index in [2.05, 4.69) is 22.4 Å². The largest absolute Gasteiger partial charge is 0.361 e. The van der Waals surface area contributed by atoms with Crippen molar-refractivity contribution in [2.75, 3.05) is 6.54 Å². The van der Waals surface area contributed by atoms with E-state index in [1.54, 1.807) is 0 Å². The summed E-state index contributed by atoms with van der Waals surface area (Å²) < 4.78 is 0. The maximum Gasteiger partial charge on any atom is 0.223 e. The van der Waals surface area contributed by atoms with Crippen molar-refractivity contribution in [2.24, 2.45) is 5.92 Å². The van der Waals surface area contributed by atoms with Gasteiger partial charge in [0.15, 0.2) is 0 Å². The Morgan fingerprint density at radius 1 is 1.35 bits per heavy atom. The molecule has 1 aliphatic carbocycles. The van der Waals surface area contributed by atoms with Crippen molar-refractivity contribution >= 4 is 16.8 Å². The fraction of sp³-hybridized carbons (Fsp3) is 0.357.